The van der Waals surface area contributed by atoms with E-state index in [-0.39, 0.29) is 11.8 Å². The number of halogens is 1. The van der Waals surface area contributed by atoms with Gasteiger partial charge in [0.05, 0.1) is 5.75 Å². The maximum absolute atomic E-state index is 12.1. The number of aryl methyl sites for hydroxylation is 2. The number of carbonyl (C=O) groups excluding carboxylic acids is 2. The van der Waals surface area contributed by atoms with Gasteiger partial charge in [0.2, 0.25) is 5.91 Å². The molecule has 2 aromatic rings. The van der Waals surface area contributed by atoms with Crippen LogP contribution in [0.5, 0.6) is 0 Å². The summed E-state index contributed by atoms with van der Waals surface area (Å²) in [4.78, 5) is 24.7. The monoisotopic (exact) mass is 420 g/mol. The van der Waals surface area contributed by atoms with Gasteiger partial charge in [0.15, 0.2) is 0 Å². The van der Waals surface area contributed by atoms with Crippen LogP contribution in [0, 0.1) is 13.8 Å². The predicted molar refractivity (Wildman–Crippen MR) is 106 cm³/mol. The van der Waals surface area contributed by atoms with Crippen LogP contribution in [0.3, 0.4) is 0 Å². The van der Waals surface area contributed by atoms with E-state index in [2.05, 4.69) is 38.7 Å². The van der Waals surface area contributed by atoms with Crippen molar-refractivity contribution in [3.63, 3.8) is 0 Å². The fourth-order valence-electron chi connectivity index (χ4n) is 2.22. The molecule has 0 unspecified atom stereocenters. The topological polar surface area (TPSA) is 58.2 Å². The maximum atomic E-state index is 12.1. The summed E-state index contributed by atoms with van der Waals surface area (Å²) < 4.78 is 1.08. The smallest absolute Gasteiger partial charge is 0.251 e. The molecule has 0 aromatic heterocycles. The predicted octanol–water partition coefficient (Wildman–Crippen LogP) is 3.83. The van der Waals surface area contributed by atoms with Crippen LogP contribution in [0.2, 0.25) is 0 Å². The van der Waals surface area contributed by atoms with Crippen molar-refractivity contribution in [2.45, 2.75) is 25.3 Å². The summed E-state index contributed by atoms with van der Waals surface area (Å²) in [6.07, 6.45) is 0. The molecular formula is C19H21BrN2O2S. The zero-order valence-corrected chi connectivity index (χ0v) is 16.9. The van der Waals surface area contributed by atoms with Gasteiger partial charge in [-0.3, -0.25) is 9.59 Å². The largest absolute Gasteiger partial charge is 0.355 e. The standard InChI is InChI=1S/C19H21BrN2O2S/c1-12-9-17(13(2)8-16(12)20)25-11-18(23)22-10-14-4-6-15(7-5-14)19(24)21-3/h4-9H,10-11H2,1-3H3,(H,21,24)(H,22,23). The molecule has 2 rings (SSSR count). The van der Waals surface area contributed by atoms with E-state index in [1.165, 1.54) is 11.8 Å². The molecule has 25 heavy (non-hydrogen) atoms. The first-order valence-electron chi connectivity index (χ1n) is 7.88. The molecule has 0 bridgehead atoms. The second-order valence-corrected chi connectivity index (χ2v) is 7.58. The highest BCUT2D eigenvalue weighted by Gasteiger charge is 2.08. The summed E-state index contributed by atoms with van der Waals surface area (Å²) in [5, 5.41) is 5.49. The first-order chi connectivity index (χ1) is 11.9. The molecule has 0 spiro atoms. The molecule has 4 nitrogen and oxygen atoms in total. The van der Waals surface area contributed by atoms with Crippen LogP contribution < -0.4 is 10.6 Å². The number of nitrogens with one attached hydrogen (secondary N) is 2. The lowest BCUT2D eigenvalue weighted by atomic mass is 10.1. The van der Waals surface area contributed by atoms with Gasteiger partial charge in [0.25, 0.3) is 5.91 Å². The van der Waals surface area contributed by atoms with Gasteiger partial charge in [0, 0.05) is 28.5 Å². The molecule has 0 atom stereocenters. The zero-order valence-electron chi connectivity index (χ0n) is 14.5. The van der Waals surface area contributed by atoms with Gasteiger partial charge in [-0.25, -0.2) is 0 Å². The third-order valence-electron chi connectivity index (χ3n) is 3.75. The van der Waals surface area contributed by atoms with Crippen molar-refractivity contribution >= 4 is 39.5 Å². The van der Waals surface area contributed by atoms with Gasteiger partial charge in [-0.1, -0.05) is 28.1 Å². The highest BCUT2D eigenvalue weighted by molar-refractivity contribution is 9.10. The minimum absolute atomic E-state index is 0.0136. The summed E-state index contributed by atoms with van der Waals surface area (Å²) in [6.45, 7) is 4.53. The van der Waals surface area contributed by atoms with Crippen LogP contribution in [-0.2, 0) is 11.3 Å². The van der Waals surface area contributed by atoms with Gasteiger partial charge in [0.1, 0.15) is 0 Å². The van der Waals surface area contributed by atoms with Crippen molar-refractivity contribution in [2.24, 2.45) is 0 Å². The number of hydrogen-bond acceptors (Lipinski definition) is 3. The van der Waals surface area contributed by atoms with E-state index < -0.39 is 0 Å². The van der Waals surface area contributed by atoms with E-state index >= 15 is 0 Å². The Morgan fingerprint density at radius 1 is 1.08 bits per heavy atom. The normalized spacial score (nSPS) is 10.4. The average Bonchev–Trinajstić information content (AvgIpc) is 2.61. The Labute approximate surface area is 160 Å². The Morgan fingerprint density at radius 3 is 2.40 bits per heavy atom. The van der Waals surface area contributed by atoms with E-state index in [4.69, 9.17) is 0 Å². The minimum atomic E-state index is -0.118. The van der Waals surface area contributed by atoms with E-state index in [0.29, 0.717) is 17.9 Å². The zero-order chi connectivity index (χ0) is 18.4. The van der Waals surface area contributed by atoms with Crippen LogP contribution in [0.15, 0.2) is 45.8 Å². The highest BCUT2D eigenvalue weighted by atomic mass is 79.9. The molecule has 0 aliphatic rings. The maximum Gasteiger partial charge on any atom is 0.251 e. The number of hydrogen-bond donors (Lipinski definition) is 2. The lowest BCUT2D eigenvalue weighted by Gasteiger charge is -2.09. The van der Waals surface area contributed by atoms with E-state index in [0.717, 1.165) is 26.1 Å². The highest BCUT2D eigenvalue weighted by Crippen LogP contribution is 2.28. The molecule has 6 heteroatoms. The number of benzene rings is 2. The van der Waals surface area contributed by atoms with Gasteiger partial charge in [-0.15, -0.1) is 11.8 Å². The van der Waals surface area contributed by atoms with Crippen molar-refractivity contribution in [3.05, 3.63) is 63.1 Å². The van der Waals surface area contributed by atoms with Gasteiger partial charge < -0.3 is 10.6 Å². The quantitative estimate of drug-likeness (QED) is 0.697. The number of amides is 2. The molecule has 0 aliphatic carbocycles. The van der Waals surface area contributed by atoms with Crippen LogP contribution in [-0.4, -0.2) is 24.6 Å². The third kappa shape index (κ3) is 5.61. The number of rotatable bonds is 6. The Morgan fingerprint density at radius 2 is 1.76 bits per heavy atom. The second-order valence-electron chi connectivity index (χ2n) is 5.71. The van der Waals surface area contributed by atoms with Crippen LogP contribution >= 0.6 is 27.7 Å². The minimum Gasteiger partial charge on any atom is -0.355 e. The van der Waals surface area contributed by atoms with Crippen molar-refractivity contribution in [2.75, 3.05) is 12.8 Å². The fraction of sp³-hybridized carbons (Fsp3) is 0.263. The Kier molecular flexibility index (Phi) is 7.08. The average molecular weight is 421 g/mol. The molecule has 2 amide bonds. The van der Waals surface area contributed by atoms with Gasteiger partial charge >= 0.3 is 0 Å². The summed E-state index contributed by atoms with van der Waals surface area (Å²) in [7, 11) is 1.60. The first-order valence-corrected chi connectivity index (χ1v) is 9.66. The lowest BCUT2D eigenvalue weighted by molar-refractivity contribution is -0.118. The summed E-state index contributed by atoms with van der Waals surface area (Å²) >= 11 is 5.05. The van der Waals surface area contributed by atoms with Crippen LogP contribution in [0.4, 0.5) is 0 Å². The first kappa shape index (κ1) is 19.5. The Balaban J connectivity index is 1.85. The SMILES string of the molecule is CNC(=O)c1ccc(CNC(=O)CSc2cc(C)c(Br)cc2C)cc1. The fourth-order valence-corrected chi connectivity index (χ4v) is 3.62. The van der Waals surface area contributed by atoms with Crippen LogP contribution in [0.25, 0.3) is 0 Å². The van der Waals surface area contributed by atoms with Crippen molar-refractivity contribution in [1.29, 1.82) is 0 Å². The van der Waals surface area contributed by atoms with E-state index in [1.807, 2.05) is 26.0 Å². The number of carbonyl (C=O) groups is 2. The molecule has 0 saturated heterocycles. The van der Waals surface area contributed by atoms with Gasteiger partial charge in [-0.2, -0.15) is 0 Å². The lowest BCUT2D eigenvalue weighted by Crippen LogP contribution is -2.24. The molecule has 132 valence electrons. The van der Waals surface area contributed by atoms with Crippen molar-refractivity contribution < 1.29 is 9.59 Å². The summed E-state index contributed by atoms with van der Waals surface area (Å²) in [5.41, 5.74) is 3.88. The van der Waals surface area contributed by atoms with Crippen molar-refractivity contribution in [3.8, 4) is 0 Å². The molecule has 0 heterocycles. The summed E-state index contributed by atoms with van der Waals surface area (Å²) in [6, 6.07) is 11.4. The van der Waals surface area contributed by atoms with Gasteiger partial charge in [-0.05, 0) is 54.8 Å². The Hall–Kier alpha value is -1.79. The van der Waals surface area contributed by atoms with E-state index in [1.54, 1.807) is 19.2 Å². The van der Waals surface area contributed by atoms with E-state index in [9.17, 15) is 9.59 Å². The van der Waals surface area contributed by atoms with Crippen LogP contribution in [0.1, 0.15) is 27.0 Å². The molecule has 0 saturated carbocycles. The molecule has 2 N–H and O–H groups in total. The summed E-state index contributed by atoms with van der Waals surface area (Å²) in [5.74, 6) is 0.241. The molecule has 0 aliphatic heterocycles. The Bertz CT molecular complexity index is 776. The molecule has 0 fully saturated rings. The third-order valence-corrected chi connectivity index (χ3v) is 5.76. The molecule has 2 aromatic carbocycles. The van der Waals surface area contributed by atoms with Crippen molar-refractivity contribution in [1.82, 2.24) is 10.6 Å². The molecule has 0 radical (unpaired) electrons. The second kappa shape index (κ2) is 9.06. The molecular weight excluding hydrogens is 400 g/mol. The number of thioether (sulfide) groups is 1.